The summed E-state index contributed by atoms with van der Waals surface area (Å²) in [5.74, 6) is 2.20. The molecular weight excluding hydrogens is 308 g/mol. The molecule has 0 saturated carbocycles. The topological polar surface area (TPSA) is 68.8 Å². The van der Waals surface area contributed by atoms with Crippen molar-refractivity contribution in [1.82, 2.24) is 5.32 Å². The molecule has 2 aromatic rings. The van der Waals surface area contributed by atoms with Gasteiger partial charge in [0, 0.05) is 18.3 Å². The van der Waals surface area contributed by atoms with E-state index >= 15 is 0 Å². The Morgan fingerprint density at radius 1 is 1.17 bits per heavy atom. The van der Waals surface area contributed by atoms with Gasteiger partial charge < -0.3 is 24.8 Å². The van der Waals surface area contributed by atoms with Crippen molar-refractivity contribution in [2.75, 3.05) is 25.3 Å². The second-order valence-electron chi connectivity index (χ2n) is 5.42. The molecule has 1 aliphatic rings. The summed E-state index contributed by atoms with van der Waals surface area (Å²) in [6, 6.07) is 12.9. The molecule has 2 amide bonds. The molecule has 3 rings (SSSR count). The van der Waals surface area contributed by atoms with Gasteiger partial charge in [0.25, 0.3) is 0 Å². The number of nitrogens with one attached hydrogen (secondary N) is 2. The van der Waals surface area contributed by atoms with Crippen molar-refractivity contribution in [3.8, 4) is 17.2 Å². The van der Waals surface area contributed by atoms with Crippen molar-refractivity contribution in [3.05, 3.63) is 48.0 Å². The van der Waals surface area contributed by atoms with Gasteiger partial charge in [-0.25, -0.2) is 4.79 Å². The Bertz CT molecular complexity index is 718. The zero-order chi connectivity index (χ0) is 16.8. The highest BCUT2D eigenvalue weighted by Gasteiger charge is 2.13. The molecule has 6 heteroatoms. The van der Waals surface area contributed by atoms with Gasteiger partial charge in [0.2, 0.25) is 6.79 Å². The molecule has 126 valence electrons. The van der Waals surface area contributed by atoms with E-state index in [1.165, 1.54) is 0 Å². The number of benzene rings is 2. The van der Waals surface area contributed by atoms with Crippen LogP contribution in [0.2, 0.25) is 0 Å². The Labute approximate surface area is 140 Å². The van der Waals surface area contributed by atoms with Crippen molar-refractivity contribution in [2.24, 2.45) is 0 Å². The van der Waals surface area contributed by atoms with E-state index in [0.717, 1.165) is 17.7 Å². The predicted octanol–water partition coefficient (Wildman–Crippen LogP) is 3.31. The molecule has 2 aromatic carbocycles. The van der Waals surface area contributed by atoms with E-state index in [1.54, 1.807) is 18.2 Å². The highest BCUT2D eigenvalue weighted by atomic mass is 16.7. The van der Waals surface area contributed by atoms with Crippen LogP contribution >= 0.6 is 0 Å². The van der Waals surface area contributed by atoms with Crippen LogP contribution in [0.25, 0.3) is 0 Å². The van der Waals surface area contributed by atoms with Gasteiger partial charge in [-0.15, -0.1) is 0 Å². The van der Waals surface area contributed by atoms with Crippen LogP contribution in [-0.4, -0.2) is 26.0 Å². The van der Waals surface area contributed by atoms with Gasteiger partial charge in [0.05, 0.1) is 6.61 Å². The number of rotatable bonds is 6. The number of ether oxygens (including phenoxy) is 3. The Balaban J connectivity index is 1.36. The van der Waals surface area contributed by atoms with Crippen molar-refractivity contribution in [1.29, 1.82) is 0 Å². The quantitative estimate of drug-likeness (QED) is 0.798. The molecule has 0 unspecified atom stereocenters. The molecule has 0 saturated heterocycles. The number of aryl methyl sites for hydroxylation is 1. The molecule has 0 bridgehead atoms. The summed E-state index contributed by atoms with van der Waals surface area (Å²) in [6.45, 7) is 3.30. The lowest BCUT2D eigenvalue weighted by Crippen LogP contribution is -2.30. The normalized spacial score (nSPS) is 11.9. The summed E-state index contributed by atoms with van der Waals surface area (Å²) in [5.41, 5.74) is 1.76. The lowest BCUT2D eigenvalue weighted by molar-refractivity contribution is 0.174. The number of fused-ring (bicyclic) bond motifs is 1. The van der Waals surface area contributed by atoms with Crippen molar-refractivity contribution in [3.63, 3.8) is 0 Å². The zero-order valence-corrected chi connectivity index (χ0v) is 13.5. The molecule has 0 aliphatic carbocycles. The van der Waals surface area contributed by atoms with Crippen LogP contribution in [0.5, 0.6) is 17.2 Å². The van der Waals surface area contributed by atoms with Gasteiger partial charge in [0.1, 0.15) is 5.75 Å². The molecule has 1 heterocycles. The fourth-order valence-corrected chi connectivity index (χ4v) is 2.32. The second kappa shape index (κ2) is 7.59. The first kappa shape index (κ1) is 16.0. The third kappa shape index (κ3) is 4.10. The number of carbonyl (C=O) groups is 1. The Morgan fingerprint density at radius 3 is 2.88 bits per heavy atom. The van der Waals surface area contributed by atoms with E-state index in [1.807, 2.05) is 31.2 Å². The van der Waals surface area contributed by atoms with Gasteiger partial charge in [-0.3, -0.25) is 0 Å². The summed E-state index contributed by atoms with van der Waals surface area (Å²) in [6.07, 6.45) is 0.725. The van der Waals surface area contributed by atoms with Gasteiger partial charge in [-0.05, 0) is 37.1 Å². The van der Waals surface area contributed by atoms with Gasteiger partial charge in [-0.2, -0.15) is 0 Å². The monoisotopic (exact) mass is 328 g/mol. The Kier molecular flexibility index (Phi) is 5.05. The molecule has 1 aliphatic heterocycles. The average molecular weight is 328 g/mol. The maximum Gasteiger partial charge on any atom is 0.319 e. The Morgan fingerprint density at radius 2 is 2.00 bits per heavy atom. The van der Waals surface area contributed by atoms with Crippen LogP contribution < -0.4 is 24.8 Å². The molecule has 2 N–H and O–H groups in total. The molecular formula is C18H20N2O4. The van der Waals surface area contributed by atoms with Gasteiger partial charge in [0.15, 0.2) is 11.5 Å². The third-order valence-corrected chi connectivity index (χ3v) is 3.59. The van der Waals surface area contributed by atoms with E-state index < -0.39 is 0 Å². The minimum atomic E-state index is -0.259. The first-order valence-corrected chi connectivity index (χ1v) is 7.85. The summed E-state index contributed by atoms with van der Waals surface area (Å²) in [7, 11) is 0. The minimum Gasteiger partial charge on any atom is -0.493 e. The van der Waals surface area contributed by atoms with Crippen LogP contribution in [-0.2, 0) is 0 Å². The summed E-state index contributed by atoms with van der Waals surface area (Å²) < 4.78 is 16.2. The maximum atomic E-state index is 11.9. The molecule has 0 atom stereocenters. The van der Waals surface area contributed by atoms with Crippen LogP contribution in [0.3, 0.4) is 0 Å². The standard InChI is InChI=1S/C18H20N2O4/c1-13-5-2-3-6-15(13)22-10-4-9-19-18(21)20-14-7-8-16-17(11-14)24-12-23-16/h2-3,5-8,11H,4,9-10,12H2,1H3,(H2,19,20,21). The van der Waals surface area contributed by atoms with Crippen LogP contribution in [0.15, 0.2) is 42.5 Å². The number of hydrogen-bond donors (Lipinski definition) is 2. The molecule has 24 heavy (non-hydrogen) atoms. The number of urea groups is 1. The highest BCUT2D eigenvalue weighted by Crippen LogP contribution is 2.34. The number of anilines is 1. The number of hydrogen-bond acceptors (Lipinski definition) is 4. The third-order valence-electron chi connectivity index (χ3n) is 3.59. The number of para-hydroxylation sites is 1. The summed E-state index contributed by atoms with van der Waals surface area (Å²) in [5, 5.41) is 5.56. The fraction of sp³-hybridized carbons (Fsp3) is 0.278. The van der Waals surface area contributed by atoms with Crippen LogP contribution in [0, 0.1) is 6.92 Å². The zero-order valence-electron chi connectivity index (χ0n) is 13.5. The lowest BCUT2D eigenvalue weighted by Gasteiger charge is -2.10. The maximum absolute atomic E-state index is 11.9. The predicted molar refractivity (Wildman–Crippen MR) is 90.9 cm³/mol. The first-order chi connectivity index (χ1) is 11.7. The van der Waals surface area contributed by atoms with Gasteiger partial charge in [-0.1, -0.05) is 18.2 Å². The number of carbonyl (C=O) groups excluding carboxylic acids is 1. The number of amides is 2. The van der Waals surface area contributed by atoms with Crippen molar-refractivity contribution >= 4 is 11.7 Å². The molecule has 6 nitrogen and oxygen atoms in total. The molecule has 0 aromatic heterocycles. The SMILES string of the molecule is Cc1ccccc1OCCCNC(=O)Nc1ccc2c(c1)OCO2. The fourth-order valence-electron chi connectivity index (χ4n) is 2.32. The lowest BCUT2D eigenvalue weighted by atomic mass is 10.2. The molecule has 0 radical (unpaired) electrons. The van der Waals surface area contributed by atoms with Crippen molar-refractivity contribution < 1.29 is 19.0 Å². The van der Waals surface area contributed by atoms with E-state index in [2.05, 4.69) is 10.6 Å². The Hall–Kier alpha value is -2.89. The van der Waals surface area contributed by atoms with E-state index in [4.69, 9.17) is 14.2 Å². The smallest absolute Gasteiger partial charge is 0.319 e. The van der Waals surface area contributed by atoms with Gasteiger partial charge >= 0.3 is 6.03 Å². The van der Waals surface area contributed by atoms with Crippen molar-refractivity contribution in [2.45, 2.75) is 13.3 Å². The van der Waals surface area contributed by atoms with E-state index in [9.17, 15) is 4.79 Å². The van der Waals surface area contributed by atoms with Crippen LogP contribution in [0.4, 0.5) is 10.5 Å². The van der Waals surface area contributed by atoms with E-state index in [0.29, 0.717) is 30.3 Å². The van der Waals surface area contributed by atoms with Crippen LogP contribution in [0.1, 0.15) is 12.0 Å². The first-order valence-electron chi connectivity index (χ1n) is 7.85. The average Bonchev–Trinajstić information content (AvgIpc) is 3.04. The summed E-state index contributed by atoms with van der Waals surface area (Å²) in [4.78, 5) is 11.9. The molecule has 0 spiro atoms. The van der Waals surface area contributed by atoms with E-state index in [-0.39, 0.29) is 12.8 Å². The highest BCUT2D eigenvalue weighted by molar-refractivity contribution is 5.89. The second-order valence-corrected chi connectivity index (χ2v) is 5.42. The molecule has 0 fully saturated rings. The largest absolute Gasteiger partial charge is 0.493 e. The minimum absolute atomic E-state index is 0.214. The summed E-state index contributed by atoms with van der Waals surface area (Å²) >= 11 is 0.